The molecular weight excluding hydrogens is 330 g/mol. The second kappa shape index (κ2) is 8.01. The van der Waals surface area contributed by atoms with E-state index in [1.165, 1.54) is 0 Å². The van der Waals surface area contributed by atoms with Crippen LogP contribution in [0.4, 0.5) is 0 Å². The summed E-state index contributed by atoms with van der Waals surface area (Å²) in [6, 6.07) is 15.3. The molecule has 0 spiro atoms. The zero-order valence-corrected chi connectivity index (χ0v) is 15.4. The molecule has 2 unspecified atom stereocenters. The number of hydrogen-bond donors (Lipinski definition) is 1. The van der Waals surface area contributed by atoms with Gasteiger partial charge < -0.3 is 13.9 Å². The third-order valence-corrected chi connectivity index (χ3v) is 4.24. The van der Waals surface area contributed by atoms with Crippen molar-refractivity contribution < 1.29 is 13.9 Å². The SMILES string of the molecule is COc1ccc(OC)c(C(C)NC(C)c2nnc(-c3ccccc3)o2)c1. The predicted octanol–water partition coefficient (Wildman–Crippen LogP) is 4.17. The molecule has 1 aromatic heterocycles. The van der Waals surface area contributed by atoms with Gasteiger partial charge in [0.2, 0.25) is 11.8 Å². The van der Waals surface area contributed by atoms with Crippen molar-refractivity contribution in [3.63, 3.8) is 0 Å². The Kier molecular flexibility index (Phi) is 5.53. The van der Waals surface area contributed by atoms with Gasteiger partial charge in [0.15, 0.2) is 0 Å². The molecule has 0 saturated heterocycles. The van der Waals surface area contributed by atoms with E-state index in [0.29, 0.717) is 11.8 Å². The molecule has 0 aliphatic heterocycles. The molecule has 0 aliphatic carbocycles. The van der Waals surface area contributed by atoms with Gasteiger partial charge in [-0.2, -0.15) is 0 Å². The zero-order valence-electron chi connectivity index (χ0n) is 15.4. The van der Waals surface area contributed by atoms with E-state index < -0.39 is 0 Å². The van der Waals surface area contributed by atoms with Gasteiger partial charge in [0.1, 0.15) is 11.5 Å². The molecule has 0 radical (unpaired) electrons. The molecule has 0 fully saturated rings. The van der Waals surface area contributed by atoms with Crippen LogP contribution in [0, 0.1) is 0 Å². The normalized spacial score (nSPS) is 13.2. The highest BCUT2D eigenvalue weighted by Gasteiger charge is 2.20. The average molecular weight is 353 g/mol. The highest BCUT2D eigenvalue weighted by molar-refractivity contribution is 5.51. The third kappa shape index (κ3) is 3.86. The van der Waals surface area contributed by atoms with Crippen molar-refractivity contribution in [3.05, 3.63) is 60.0 Å². The van der Waals surface area contributed by atoms with Gasteiger partial charge in [-0.15, -0.1) is 10.2 Å². The Morgan fingerprint density at radius 3 is 2.38 bits per heavy atom. The molecule has 1 N–H and O–H groups in total. The monoisotopic (exact) mass is 353 g/mol. The van der Waals surface area contributed by atoms with E-state index in [1.54, 1.807) is 14.2 Å². The van der Waals surface area contributed by atoms with Crippen molar-refractivity contribution in [3.8, 4) is 23.0 Å². The van der Waals surface area contributed by atoms with E-state index in [2.05, 4.69) is 22.4 Å². The van der Waals surface area contributed by atoms with Crippen LogP contribution in [0.25, 0.3) is 11.5 Å². The zero-order chi connectivity index (χ0) is 18.5. The lowest BCUT2D eigenvalue weighted by Gasteiger charge is -2.20. The minimum atomic E-state index is -0.120. The highest BCUT2D eigenvalue weighted by atomic mass is 16.5. The molecule has 26 heavy (non-hydrogen) atoms. The Labute approximate surface area is 153 Å². The number of ether oxygens (including phenoxy) is 2. The smallest absolute Gasteiger partial charge is 0.247 e. The quantitative estimate of drug-likeness (QED) is 0.688. The van der Waals surface area contributed by atoms with Gasteiger partial charge in [0.25, 0.3) is 0 Å². The molecule has 0 amide bonds. The number of aromatic nitrogens is 2. The summed E-state index contributed by atoms with van der Waals surface area (Å²) in [5.74, 6) is 2.64. The van der Waals surface area contributed by atoms with Gasteiger partial charge in [0.05, 0.1) is 20.3 Å². The summed E-state index contributed by atoms with van der Waals surface area (Å²) in [4.78, 5) is 0. The van der Waals surface area contributed by atoms with E-state index in [-0.39, 0.29) is 12.1 Å². The summed E-state index contributed by atoms with van der Waals surface area (Å²) in [5.41, 5.74) is 1.91. The van der Waals surface area contributed by atoms with Crippen LogP contribution in [0.3, 0.4) is 0 Å². The first-order chi connectivity index (χ1) is 12.6. The fourth-order valence-electron chi connectivity index (χ4n) is 2.82. The molecule has 0 aliphatic rings. The maximum atomic E-state index is 5.83. The topological polar surface area (TPSA) is 69.4 Å². The van der Waals surface area contributed by atoms with Crippen LogP contribution in [0.5, 0.6) is 11.5 Å². The maximum absolute atomic E-state index is 5.83. The number of rotatable bonds is 7. The minimum Gasteiger partial charge on any atom is -0.497 e. The fourth-order valence-corrected chi connectivity index (χ4v) is 2.82. The molecule has 3 rings (SSSR count). The molecule has 1 heterocycles. The summed E-state index contributed by atoms with van der Waals surface area (Å²) < 4.78 is 16.6. The Bertz CT molecular complexity index is 849. The Balaban J connectivity index is 1.76. The lowest BCUT2D eigenvalue weighted by Crippen LogP contribution is -2.23. The van der Waals surface area contributed by atoms with E-state index in [0.717, 1.165) is 22.6 Å². The molecular formula is C20H23N3O3. The third-order valence-electron chi connectivity index (χ3n) is 4.24. The summed E-state index contributed by atoms with van der Waals surface area (Å²) in [6.07, 6.45) is 0. The summed E-state index contributed by atoms with van der Waals surface area (Å²) >= 11 is 0. The van der Waals surface area contributed by atoms with E-state index in [1.807, 2.05) is 55.5 Å². The van der Waals surface area contributed by atoms with Gasteiger partial charge in [-0.25, -0.2) is 0 Å². The van der Waals surface area contributed by atoms with E-state index in [9.17, 15) is 0 Å². The molecule has 0 saturated carbocycles. The molecule has 6 heteroatoms. The average Bonchev–Trinajstić information content (AvgIpc) is 3.18. The van der Waals surface area contributed by atoms with Crippen LogP contribution in [-0.2, 0) is 0 Å². The van der Waals surface area contributed by atoms with Gasteiger partial charge in [-0.3, -0.25) is 5.32 Å². The van der Waals surface area contributed by atoms with Gasteiger partial charge in [-0.05, 0) is 44.2 Å². The number of benzene rings is 2. The van der Waals surface area contributed by atoms with Crippen molar-refractivity contribution in [2.24, 2.45) is 0 Å². The molecule has 136 valence electrons. The molecule has 0 bridgehead atoms. The molecule has 3 aromatic rings. The second-order valence-corrected chi connectivity index (χ2v) is 6.03. The number of hydrogen-bond acceptors (Lipinski definition) is 6. The standard InChI is InChI=1S/C20H23N3O3/c1-13(17-12-16(24-3)10-11-18(17)25-4)21-14(2)19-22-23-20(26-19)15-8-6-5-7-9-15/h5-14,21H,1-4H3. The molecule has 6 nitrogen and oxygen atoms in total. The highest BCUT2D eigenvalue weighted by Crippen LogP contribution is 2.31. The largest absolute Gasteiger partial charge is 0.497 e. The van der Waals surface area contributed by atoms with Crippen molar-refractivity contribution in [1.82, 2.24) is 15.5 Å². The summed E-state index contributed by atoms with van der Waals surface area (Å²) in [6.45, 7) is 4.05. The lowest BCUT2D eigenvalue weighted by molar-refractivity contribution is 0.371. The van der Waals surface area contributed by atoms with Crippen molar-refractivity contribution in [1.29, 1.82) is 0 Å². The maximum Gasteiger partial charge on any atom is 0.247 e. The van der Waals surface area contributed by atoms with Gasteiger partial charge in [0, 0.05) is 17.2 Å². The summed E-state index contributed by atoms with van der Waals surface area (Å²) in [7, 11) is 3.31. The minimum absolute atomic E-state index is 0.00197. The van der Waals surface area contributed by atoms with Crippen molar-refractivity contribution in [2.45, 2.75) is 25.9 Å². The first kappa shape index (κ1) is 17.9. The van der Waals surface area contributed by atoms with Crippen LogP contribution in [-0.4, -0.2) is 24.4 Å². The molecule has 2 aromatic carbocycles. The Morgan fingerprint density at radius 2 is 1.69 bits per heavy atom. The van der Waals surface area contributed by atoms with E-state index in [4.69, 9.17) is 13.9 Å². The van der Waals surface area contributed by atoms with Crippen molar-refractivity contribution >= 4 is 0 Å². The van der Waals surface area contributed by atoms with E-state index >= 15 is 0 Å². The number of nitrogens with one attached hydrogen (secondary N) is 1. The first-order valence-electron chi connectivity index (χ1n) is 8.49. The summed E-state index contributed by atoms with van der Waals surface area (Å²) in [5, 5.41) is 11.8. The van der Waals surface area contributed by atoms with Crippen LogP contribution < -0.4 is 14.8 Å². The first-order valence-corrected chi connectivity index (χ1v) is 8.49. The second-order valence-electron chi connectivity index (χ2n) is 6.03. The van der Waals surface area contributed by atoms with Crippen molar-refractivity contribution in [2.75, 3.05) is 14.2 Å². The van der Waals surface area contributed by atoms with Crippen LogP contribution in [0.2, 0.25) is 0 Å². The Morgan fingerprint density at radius 1 is 0.923 bits per heavy atom. The molecule has 2 atom stereocenters. The number of nitrogens with zero attached hydrogens (tertiary/aromatic N) is 2. The Hall–Kier alpha value is -2.86. The van der Waals surface area contributed by atoms with Gasteiger partial charge >= 0.3 is 0 Å². The van der Waals surface area contributed by atoms with Gasteiger partial charge in [-0.1, -0.05) is 18.2 Å². The predicted molar refractivity (Wildman–Crippen MR) is 99.2 cm³/mol. The van der Waals surface area contributed by atoms with Crippen LogP contribution >= 0.6 is 0 Å². The fraction of sp³-hybridized carbons (Fsp3) is 0.300. The lowest BCUT2D eigenvalue weighted by atomic mass is 10.1. The van der Waals surface area contributed by atoms with Crippen LogP contribution in [0.15, 0.2) is 52.9 Å². The number of methoxy groups -OCH3 is 2. The van der Waals surface area contributed by atoms with Crippen LogP contribution in [0.1, 0.15) is 37.4 Å².